The zero-order chi connectivity index (χ0) is 28.3. The van der Waals surface area contributed by atoms with Crippen LogP contribution in [0, 0.1) is 12.7 Å². The van der Waals surface area contributed by atoms with E-state index in [0.29, 0.717) is 20.6 Å². The number of rotatable bonds is 7. The molecule has 0 atom stereocenters. The van der Waals surface area contributed by atoms with E-state index < -0.39 is 41.0 Å². The molecule has 200 valence electrons. The second-order valence-electron chi connectivity index (χ2n) is 9.08. The normalized spacial score (nSPS) is 10.9. The molecule has 0 bridgehead atoms. The topological polar surface area (TPSA) is 116 Å². The Balaban J connectivity index is 1.68. The summed E-state index contributed by atoms with van der Waals surface area (Å²) in [6.07, 6.45) is 0. The Bertz CT molecular complexity index is 1610. The van der Waals surface area contributed by atoms with Gasteiger partial charge in [0.15, 0.2) is 5.78 Å². The number of aryl methyl sites for hydroxylation is 1. The quantitative estimate of drug-likeness (QED) is 0.198. The minimum atomic E-state index is -1.06. The highest BCUT2D eigenvalue weighted by molar-refractivity contribution is 5.98. The Hall–Kier alpha value is -4.93. The number of ketones is 1. The van der Waals surface area contributed by atoms with Gasteiger partial charge in [-0.2, -0.15) is 4.68 Å². The number of Topliss-reactive ketones (excluding diaryl/α,β-unsaturated/α-hetero) is 1. The number of ether oxygens (including phenoxy) is 1. The summed E-state index contributed by atoms with van der Waals surface area (Å²) in [7, 11) is 0. The molecule has 0 saturated carbocycles. The lowest BCUT2D eigenvalue weighted by molar-refractivity contribution is 0.0471. The Labute approximate surface area is 223 Å². The van der Waals surface area contributed by atoms with Crippen molar-refractivity contribution in [2.24, 2.45) is 0 Å². The smallest absolute Gasteiger partial charge is 0.377 e. The first-order chi connectivity index (χ1) is 18.6. The van der Waals surface area contributed by atoms with Crippen molar-refractivity contribution in [3.8, 4) is 5.69 Å². The van der Waals surface area contributed by atoms with Gasteiger partial charge < -0.3 is 4.74 Å². The first kappa shape index (κ1) is 27.1. The molecule has 0 saturated heterocycles. The van der Waals surface area contributed by atoms with Crippen molar-refractivity contribution >= 4 is 23.5 Å². The third kappa shape index (κ3) is 5.52. The average Bonchev–Trinajstić information content (AvgIpc) is 3.29. The lowest BCUT2D eigenvalue weighted by Crippen LogP contribution is -2.44. The van der Waals surface area contributed by atoms with E-state index in [2.05, 4.69) is 10.4 Å². The zero-order valence-corrected chi connectivity index (χ0v) is 21.8. The predicted octanol–water partition coefficient (Wildman–Crippen LogP) is 4.32. The molecule has 0 spiro atoms. The standard InChI is InChI=1S/C28H26FN5O5/c1-17(2)32(21-14-13-18(3)23(15-21)26(36)39-16-20-9-6-5-7-10-20)27(37)34-28(38)33(30-31-34)25-22(19(4)35)11-8-12-24(25)29/h5-15,17H,16H2,1-4H3. The van der Waals surface area contributed by atoms with Crippen molar-refractivity contribution < 1.29 is 23.5 Å². The van der Waals surface area contributed by atoms with Crippen molar-refractivity contribution in [3.05, 3.63) is 105 Å². The molecule has 0 fully saturated rings. The molecule has 0 radical (unpaired) electrons. The van der Waals surface area contributed by atoms with Crippen molar-refractivity contribution in [2.75, 3.05) is 4.90 Å². The van der Waals surface area contributed by atoms with Gasteiger partial charge in [0.05, 0.1) is 5.56 Å². The van der Waals surface area contributed by atoms with Crippen molar-refractivity contribution in [1.29, 1.82) is 0 Å². The van der Waals surface area contributed by atoms with Crippen LogP contribution in [0.1, 0.15) is 52.6 Å². The fourth-order valence-corrected chi connectivity index (χ4v) is 4.03. The molecular weight excluding hydrogens is 505 g/mol. The van der Waals surface area contributed by atoms with E-state index in [1.165, 1.54) is 30.0 Å². The number of esters is 1. The van der Waals surface area contributed by atoms with Crippen molar-refractivity contribution in [1.82, 2.24) is 19.8 Å². The van der Waals surface area contributed by atoms with Gasteiger partial charge in [-0.3, -0.25) is 9.69 Å². The number of nitrogens with zero attached hydrogens (tertiary/aromatic N) is 5. The molecular formula is C28H26FN5O5. The van der Waals surface area contributed by atoms with E-state index >= 15 is 0 Å². The number of para-hydroxylation sites is 1. The van der Waals surface area contributed by atoms with Gasteiger partial charge in [0.25, 0.3) is 0 Å². The van der Waals surface area contributed by atoms with E-state index in [0.717, 1.165) is 11.6 Å². The summed E-state index contributed by atoms with van der Waals surface area (Å²) in [5.41, 5.74) is 0.460. The number of aromatic nitrogens is 4. The molecule has 4 aromatic rings. The number of tetrazole rings is 1. The van der Waals surface area contributed by atoms with Crippen LogP contribution >= 0.6 is 0 Å². The first-order valence-corrected chi connectivity index (χ1v) is 12.1. The predicted molar refractivity (Wildman–Crippen MR) is 141 cm³/mol. The van der Waals surface area contributed by atoms with Gasteiger partial charge in [0.1, 0.15) is 18.1 Å². The summed E-state index contributed by atoms with van der Waals surface area (Å²) >= 11 is 0. The molecule has 3 aromatic carbocycles. The molecule has 0 aliphatic rings. The van der Waals surface area contributed by atoms with Crippen LogP contribution < -0.4 is 10.6 Å². The number of hydrogen-bond donors (Lipinski definition) is 0. The van der Waals surface area contributed by atoms with Gasteiger partial charge in [0.2, 0.25) is 0 Å². The summed E-state index contributed by atoms with van der Waals surface area (Å²) in [5.74, 6) is -1.94. The molecule has 0 aliphatic heterocycles. The fraction of sp³-hybridized carbons (Fsp3) is 0.214. The molecule has 11 heteroatoms. The lowest BCUT2D eigenvalue weighted by Gasteiger charge is -2.26. The molecule has 0 unspecified atom stereocenters. The summed E-state index contributed by atoms with van der Waals surface area (Å²) in [5, 5.41) is 7.32. The van der Waals surface area contributed by atoms with Crippen LogP contribution in [0.2, 0.25) is 0 Å². The maximum absolute atomic E-state index is 14.6. The van der Waals surface area contributed by atoms with Crippen LogP contribution in [0.5, 0.6) is 0 Å². The number of halogens is 1. The fourth-order valence-electron chi connectivity index (χ4n) is 4.03. The average molecular weight is 532 g/mol. The molecule has 1 aromatic heterocycles. The number of hydrogen-bond acceptors (Lipinski definition) is 7. The van der Waals surface area contributed by atoms with Crippen molar-refractivity contribution in [2.45, 2.75) is 40.3 Å². The summed E-state index contributed by atoms with van der Waals surface area (Å²) in [6.45, 7) is 6.46. The van der Waals surface area contributed by atoms with Crippen LogP contribution in [-0.4, -0.2) is 43.6 Å². The molecule has 0 aliphatic carbocycles. The van der Waals surface area contributed by atoms with Crippen LogP contribution in [0.15, 0.2) is 71.5 Å². The Morgan fingerprint density at radius 2 is 1.69 bits per heavy atom. The highest BCUT2D eigenvalue weighted by Gasteiger charge is 2.28. The van der Waals surface area contributed by atoms with E-state index in [1.54, 1.807) is 32.9 Å². The highest BCUT2D eigenvalue weighted by atomic mass is 19.1. The number of benzene rings is 3. The van der Waals surface area contributed by atoms with Crippen molar-refractivity contribution in [3.63, 3.8) is 0 Å². The Morgan fingerprint density at radius 1 is 0.974 bits per heavy atom. The molecule has 4 rings (SSSR count). The summed E-state index contributed by atoms with van der Waals surface area (Å²) in [6, 6.07) is 16.4. The maximum atomic E-state index is 14.6. The van der Waals surface area contributed by atoms with E-state index in [1.807, 2.05) is 30.3 Å². The summed E-state index contributed by atoms with van der Waals surface area (Å²) < 4.78 is 21.2. The number of amides is 1. The van der Waals surface area contributed by atoms with Gasteiger partial charge in [-0.15, -0.1) is 4.68 Å². The Morgan fingerprint density at radius 3 is 2.36 bits per heavy atom. The molecule has 1 amide bonds. The largest absolute Gasteiger partial charge is 0.457 e. The monoisotopic (exact) mass is 531 g/mol. The Kier molecular flexibility index (Phi) is 7.80. The van der Waals surface area contributed by atoms with Crippen LogP contribution in [0.4, 0.5) is 14.9 Å². The minimum absolute atomic E-state index is 0.0764. The zero-order valence-electron chi connectivity index (χ0n) is 21.8. The molecule has 1 heterocycles. The third-order valence-corrected chi connectivity index (χ3v) is 5.99. The van der Waals surface area contributed by atoms with Gasteiger partial charge in [-0.1, -0.05) is 42.5 Å². The third-order valence-electron chi connectivity index (χ3n) is 5.99. The second kappa shape index (κ2) is 11.2. The summed E-state index contributed by atoms with van der Waals surface area (Å²) in [4.78, 5) is 52.8. The number of carbonyl (C=O) groups excluding carboxylic acids is 3. The van der Waals surface area contributed by atoms with E-state index in [-0.39, 0.29) is 17.7 Å². The first-order valence-electron chi connectivity index (χ1n) is 12.1. The lowest BCUT2D eigenvalue weighted by atomic mass is 10.1. The minimum Gasteiger partial charge on any atom is -0.457 e. The van der Waals surface area contributed by atoms with Crippen LogP contribution in [0.3, 0.4) is 0 Å². The van der Waals surface area contributed by atoms with Gasteiger partial charge in [0, 0.05) is 17.3 Å². The molecule has 0 N–H and O–H groups in total. The van der Waals surface area contributed by atoms with Crippen LogP contribution in [0.25, 0.3) is 5.69 Å². The van der Waals surface area contributed by atoms with Gasteiger partial charge in [-0.05, 0) is 73.5 Å². The maximum Gasteiger partial charge on any atom is 0.377 e. The van der Waals surface area contributed by atoms with Crippen LogP contribution in [-0.2, 0) is 11.3 Å². The van der Waals surface area contributed by atoms with Gasteiger partial charge in [-0.25, -0.2) is 18.8 Å². The molecule has 39 heavy (non-hydrogen) atoms. The highest BCUT2D eigenvalue weighted by Crippen LogP contribution is 2.24. The van der Waals surface area contributed by atoms with E-state index in [9.17, 15) is 23.6 Å². The number of carbonyl (C=O) groups is 3. The SMILES string of the molecule is CC(=O)c1cccc(F)c1-n1nnn(C(=O)N(c2ccc(C)c(C(=O)OCc3ccccc3)c2)C(C)C)c1=O. The molecule has 10 nitrogen and oxygen atoms in total. The number of anilines is 1. The second-order valence-corrected chi connectivity index (χ2v) is 9.08. The van der Waals surface area contributed by atoms with E-state index in [4.69, 9.17) is 4.74 Å². The van der Waals surface area contributed by atoms with Gasteiger partial charge >= 0.3 is 17.7 Å².